The van der Waals surface area contributed by atoms with Gasteiger partial charge in [0.05, 0.1) is 6.04 Å². The van der Waals surface area contributed by atoms with E-state index in [4.69, 9.17) is 5.73 Å². The molecule has 1 unspecified atom stereocenters. The van der Waals surface area contributed by atoms with Crippen LogP contribution in [0.25, 0.3) is 0 Å². The van der Waals surface area contributed by atoms with Gasteiger partial charge in [-0.1, -0.05) is 0 Å². The summed E-state index contributed by atoms with van der Waals surface area (Å²) in [6, 6.07) is 0.0670. The summed E-state index contributed by atoms with van der Waals surface area (Å²) < 4.78 is 0. The number of hydrogen-bond donors (Lipinski definition) is 1. The highest BCUT2D eigenvalue weighted by atomic mass is 16.2. The van der Waals surface area contributed by atoms with Crippen LogP contribution in [0.1, 0.15) is 33.1 Å². The molecule has 3 heteroatoms. The smallest absolute Gasteiger partial charge is 0.239 e. The quantitative estimate of drug-likeness (QED) is 0.650. The maximum absolute atomic E-state index is 11.7. The Labute approximate surface area is 79.3 Å². The predicted octanol–water partition coefficient (Wildman–Crippen LogP) is 0.735. The van der Waals surface area contributed by atoms with Crippen molar-refractivity contribution in [1.82, 2.24) is 4.90 Å². The Morgan fingerprint density at radius 2 is 2.23 bits per heavy atom. The lowest BCUT2D eigenvalue weighted by Crippen LogP contribution is -2.43. The van der Waals surface area contributed by atoms with Crippen molar-refractivity contribution in [3.05, 3.63) is 0 Å². The summed E-state index contributed by atoms with van der Waals surface area (Å²) in [6.07, 6.45) is 3.80. The molecule has 1 amide bonds. The molecule has 0 bridgehead atoms. The standard InChI is InChI=1S/C10H18N2O/c1-7-5-10(3-4-10)6-12(7)9(13)8(2)11/h7-8H,3-6,11H2,1-2H3/t7?,8-/m1/s1. The number of rotatable bonds is 1. The van der Waals surface area contributed by atoms with Crippen LogP contribution in [0.3, 0.4) is 0 Å². The lowest BCUT2D eigenvalue weighted by Gasteiger charge is -2.23. The minimum atomic E-state index is -0.337. The first kappa shape index (κ1) is 9.00. The number of nitrogens with two attached hydrogens (primary N) is 1. The molecule has 2 rings (SSSR count). The Balaban J connectivity index is 2.04. The molecular weight excluding hydrogens is 164 g/mol. The molecular formula is C10H18N2O. The van der Waals surface area contributed by atoms with Gasteiger partial charge < -0.3 is 10.6 Å². The second kappa shape index (κ2) is 2.71. The summed E-state index contributed by atoms with van der Waals surface area (Å²) in [5.74, 6) is 0.122. The molecule has 0 aromatic heterocycles. The molecule has 2 fully saturated rings. The third-order valence-corrected chi connectivity index (χ3v) is 3.40. The van der Waals surface area contributed by atoms with Gasteiger partial charge in [0.25, 0.3) is 0 Å². The van der Waals surface area contributed by atoms with Crippen LogP contribution in [0, 0.1) is 5.41 Å². The number of amides is 1. The molecule has 0 aromatic carbocycles. The van der Waals surface area contributed by atoms with Crippen LogP contribution in [0.4, 0.5) is 0 Å². The highest BCUT2D eigenvalue weighted by molar-refractivity contribution is 5.81. The van der Waals surface area contributed by atoms with Crippen molar-refractivity contribution < 1.29 is 4.79 Å². The molecule has 3 nitrogen and oxygen atoms in total. The van der Waals surface area contributed by atoms with Gasteiger partial charge in [-0.25, -0.2) is 0 Å². The SMILES string of the molecule is CC1CC2(CC2)CN1C(=O)[C@@H](C)N. The van der Waals surface area contributed by atoms with Gasteiger partial charge in [0.15, 0.2) is 0 Å². The van der Waals surface area contributed by atoms with Gasteiger partial charge in [-0.3, -0.25) is 4.79 Å². The van der Waals surface area contributed by atoms with Crippen molar-refractivity contribution in [2.75, 3.05) is 6.54 Å². The summed E-state index contributed by atoms with van der Waals surface area (Å²) in [4.78, 5) is 13.6. The van der Waals surface area contributed by atoms with Crippen molar-refractivity contribution in [2.24, 2.45) is 11.1 Å². The molecule has 1 aliphatic heterocycles. The van der Waals surface area contributed by atoms with Gasteiger partial charge in [0, 0.05) is 12.6 Å². The van der Waals surface area contributed by atoms with Crippen LogP contribution >= 0.6 is 0 Å². The zero-order valence-electron chi connectivity index (χ0n) is 8.42. The Morgan fingerprint density at radius 1 is 1.62 bits per heavy atom. The van der Waals surface area contributed by atoms with Crippen LogP contribution in [0.5, 0.6) is 0 Å². The third kappa shape index (κ3) is 1.46. The number of carbonyl (C=O) groups excluding carboxylic acids is 1. The minimum Gasteiger partial charge on any atom is -0.338 e. The fraction of sp³-hybridized carbons (Fsp3) is 0.900. The summed E-state index contributed by atoms with van der Waals surface area (Å²) in [7, 11) is 0. The average molecular weight is 182 g/mol. The van der Waals surface area contributed by atoms with Gasteiger partial charge >= 0.3 is 0 Å². The number of carbonyl (C=O) groups is 1. The van der Waals surface area contributed by atoms with Crippen LogP contribution in [0.2, 0.25) is 0 Å². The lowest BCUT2D eigenvalue weighted by atomic mass is 10.0. The first-order chi connectivity index (χ1) is 6.04. The molecule has 13 heavy (non-hydrogen) atoms. The zero-order valence-corrected chi connectivity index (χ0v) is 8.42. The van der Waals surface area contributed by atoms with Gasteiger partial charge in [-0.15, -0.1) is 0 Å². The Bertz CT molecular complexity index is 233. The van der Waals surface area contributed by atoms with E-state index in [1.54, 1.807) is 6.92 Å². The maximum atomic E-state index is 11.7. The highest BCUT2D eigenvalue weighted by Gasteiger charge is 2.51. The van der Waals surface area contributed by atoms with Gasteiger partial charge in [-0.2, -0.15) is 0 Å². The van der Waals surface area contributed by atoms with Crippen molar-refractivity contribution in [3.63, 3.8) is 0 Å². The molecule has 74 valence electrons. The summed E-state index contributed by atoms with van der Waals surface area (Å²) in [5, 5.41) is 0. The van der Waals surface area contributed by atoms with Crippen molar-refractivity contribution in [2.45, 2.75) is 45.2 Å². The summed E-state index contributed by atoms with van der Waals surface area (Å²) in [5.41, 5.74) is 6.10. The van der Waals surface area contributed by atoms with E-state index in [2.05, 4.69) is 6.92 Å². The van der Waals surface area contributed by atoms with E-state index in [1.165, 1.54) is 19.3 Å². The molecule has 2 atom stereocenters. The van der Waals surface area contributed by atoms with Gasteiger partial charge in [0.1, 0.15) is 0 Å². The topological polar surface area (TPSA) is 46.3 Å². The average Bonchev–Trinajstić information content (AvgIpc) is 2.70. The molecule has 2 N–H and O–H groups in total. The first-order valence-electron chi connectivity index (χ1n) is 5.10. The first-order valence-corrected chi connectivity index (χ1v) is 5.10. The molecule has 1 spiro atoms. The van der Waals surface area contributed by atoms with E-state index < -0.39 is 0 Å². The molecule has 0 radical (unpaired) electrons. The van der Waals surface area contributed by atoms with E-state index in [1.807, 2.05) is 4.90 Å². The second-order valence-electron chi connectivity index (χ2n) is 4.81. The number of nitrogens with zero attached hydrogens (tertiary/aromatic N) is 1. The molecule has 2 aliphatic rings. The van der Waals surface area contributed by atoms with Crippen LogP contribution in [-0.4, -0.2) is 29.4 Å². The monoisotopic (exact) mass is 182 g/mol. The second-order valence-corrected chi connectivity index (χ2v) is 4.81. The summed E-state index contributed by atoms with van der Waals surface area (Å²) >= 11 is 0. The van der Waals surface area contributed by atoms with E-state index >= 15 is 0 Å². The van der Waals surface area contributed by atoms with E-state index in [0.29, 0.717) is 11.5 Å². The molecule has 1 heterocycles. The van der Waals surface area contributed by atoms with Gasteiger partial charge in [0.2, 0.25) is 5.91 Å². The van der Waals surface area contributed by atoms with Crippen molar-refractivity contribution in [1.29, 1.82) is 0 Å². The van der Waals surface area contributed by atoms with Crippen LogP contribution in [0.15, 0.2) is 0 Å². The predicted molar refractivity (Wildman–Crippen MR) is 51.1 cm³/mol. The van der Waals surface area contributed by atoms with E-state index in [9.17, 15) is 4.79 Å². The summed E-state index contributed by atoms with van der Waals surface area (Å²) in [6.45, 7) is 4.86. The molecule has 1 saturated heterocycles. The lowest BCUT2D eigenvalue weighted by molar-refractivity contribution is -0.132. The van der Waals surface area contributed by atoms with Gasteiger partial charge in [-0.05, 0) is 38.5 Å². The van der Waals surface area contributed by atoms with E-state index in [0.717, 1.165) is 6.54 Å². The van der Waals surface area contributed by atoms with E-state index in [-0.39, 0.29) is 11.9 Å². The fourth-order valence-corrected chi connectivity index (χ4v) is 2.41. The largest absolute Gasteiger partial charge is 0.338 e. The Hall–Kier alpha value is -0.570. The Kier molecular flexibility index (Phi) is 1.88. The molecule has 0 aromatic rings. The van der Waals surface area contributed by atoms with Crippen LogP contribution < -0.4 is 5.73 Å². The highest BCUT2D eigenvalue weighted by Crippen LogP contribution is 2.54. The number of likely N-dealkylation sites (tertiary alicyclic amines) is 1. The third-order valence-electron chi connectivity index (χ3n) is 3.40. The molecule has 1 saturated carbocycles. The Morgan fingerprint density at radius 3 is 2.62 bits per heavy atom. The van der Waals surface area contributed by atoms with Crippen molar-refractivity contribution >= 4 is 5.91 Å². The van der Waals surface area contributed by atoms with Crippen LogP contribution in [-0.2, 0) is 4.79 Å². The minimum absolute atomic E-state index is 0.122. The normalized spacial score (nSPS) is 32.2. The number of hydrogen-bond acceptors (Lipinski definition) is 2. The fourth-order valence-electron chi connectivity index (χ4n) is 2.41. The van der Waals surface area contributed by atoms with Crippen molar-refractivity contribution in [3.8, 4) is 0 Å². The zero-order chi connectivity index (χ0) is 9.64. The maximum Gasteiger partial charge on any atom is 0.239 e. The molecule has 1 aliphatic carbocycles.